The van der Waals surface area contributed by atoms with Gasteiger partial charge in [0.15, 0.2) is 5.17 Å². The maximum atomic E-state index is 13.2. The number of benzene rings is 1. The number of rotatable bonds is 9. The number of aromatic nitrogens is 4. The van der Waals surface area contributed by atoms with E-state index >= 15 is 0 Å². The zero-order chi connectivity index (χ0) is 24.1. The Balaban J connectivity index is 1.40. The number of thioether (sulfide) groups is 1. The highest BCUT2D eigenvalue weighted by Gasteiger charge is 2.39. The molecule has 1 atom stereocenters. The number of hydrogen-bond donors (Lipinski definition) is 2. The molecule has 0 radical (unpaired) electrons. The third-order valence-corrected chi connectivity index (χ3v) is 6.66. The van der Waals surface area contributed by atoms with E-state index in [0.29, 0.717) is 23.1 Å². The minimum atomic E-state index is -0.561. The van der Waals surface area contributed by atoms with E-state index in [1.165, 1.54) is 23.9 Å². The molecule has 1 aliphatic heterocycles. The molecule has 0 aliphatic carbocycles. The topological polar surface area (TPSA) is 118 Å². The number of nitrogens with one attached hydrogen (secondary N) is 1. The van der Waals surface area contributed by atoms with Gasteiger partial charge in [-0.3, -0.25) is 23.9 Å². The Hall–Kier alpha value is -3.12. The fraction of sp³-hybridized carbons (Fsp3) is 0.318. The van der Waals surface area contributed by atoms with Gasteiger partial charge >= 0.3 is 0 Å². The summed E-state index contributed by atoms with van der Waals surface area (Å²) in [6.45, 7) is 1.25. The molecule has 34 heavy (non-hydrogen) atoms. The molecule has 1 fully saturated rings. The highest BCUT2D eigenvalue weighted by molar-refractivity contribution is 9.10. The zero-order valence-electron chi connectivity index (χ0n) is 18.5. The fourth-order valence-corrected chi connectivity index (χ4v) is 4.95. The molecule has 1 aromatic carbocycles. The number of carbonyl (C=O) groups is 2. The van der Waals surface area contributed by atoms with Gasteiger partial charge in [0.05, 0.1) is 23.1 Å². The van der Waals surface area contributed by atoms with Crippen LogP contribution in [-0.2, 0) is 23.2 Å². The number of phenols is 1. The van der Waals surface area contributed by atoms with Crippen LogP contribution >= 0.6 is 27.7 Å². The van der Waals surface area contributed by atoms with Crippen LogP contribution in [0.4, 0.5) is 11.4 Å². The molecular formula is C22H24BrN7O3S. The van der Waals surface area contributed by atoms with E-state index in [1.807, 2.05) is 10.9 Å². The van der Waals surface area contributed by atoms with Crippen molar-refractivity contribution >= 4 is 56.0 Å². The minimum Gasteiger partial charge on any atom is -0.508 e. The second kappa shape index (κ2) is 10.9. The lowest BCUT2D eigenvalue weighted by atomic mass is 10.2. The third-order valence-electron chi connectivity index (χ3n) is 5.08. The van der Waals surface area contributed by atoms with Crippen molar-refractivity contribution in [1.82, 2.24) is 24.5 Å². The largest absolute Gasteiger partial charge is 0.508 e. The van der Waals surface area contributed by atoms with Crippen LogP contribution in [-0.4, -0.2) is 58.3 Å². The second-order valence-corrected chi connectivity index (χ2v) is 9.88. The minimum absolute atomic E-state index is 0.0221. The first-order chi connectivity index (χ1) is 16.4. The van der Waals surface area contributed by atoms with E-state index in [4.69, 9.17) is 0 Å². The molecule has 10 nitrogen and oxygen atoms in total. The number of amidine groups is 1. The second-order valence-electron chi connectivity index (χ2n) is 7.79. The maximum Gasteiger partial charge on any atom is 0.242 e. The zero-order valence-corrected chi connectivity index (χ0v) is 20.9. The molecule has 3 heterocycles. The van der Waals surface area contributed by atoms with Gasteiger partial charge in [0.1, 0.15) is 16.7 Å². The van der Waals surface area contributed by atoms with E-state index in [9.17, 15) is 14.7 Å². The molecule has 2 N–H and O–H groups in total. The van der Waals surface area contributed by atoms with Crippen LogP contribution in [0.25, 0.3) is 0 Å². The van der Waals surface area contributed by atoms with Gasteiger partial charge in [-0.25, -0.2) is 4.99 Å². The summed E-state index contributed by atoms with van der Waals surface area (Å²) in [5, 5.41) is 20.6. The van der Waals surface area contributed by atoms with Crippen LogP contribution in [0.2, 0.25) is 0 Å². The van der Waals surface area contributed by atoms with Gasteiger partial charge in [0.2, 0.25) is 11.8 Å². The third kappa shape index (κ3) is 6.26. The Morgan fingerprint density at radius 2 is 1.94 bits per heavy atom. The Morgan fingerprint density at radius 1 is 1.18 bits per heavy atom. The molecule has 12 heteroatoms. The Labute approximate surface area is 209 Å². The van der Waals surface area contributed by atoms with E-state index in [0.717, 1.165) is 23.9 Å². The molecule has 0 spiro atoms. The van der Waals surface area contributed by atoms with E-state index < -0.39 is 5.25 Å². The van der Waals surface area contributed by atoms with Crippen LogP contribution < -0.4 is 5.32 Å². The SMILES string of the molecule is Cn1cc(N=C2SC(CC(=O)Nc3ccc(O)cc3)C(=O)N2CCCCn2cc(Br)cn2)cn1. The lowest BCUT2D eigenvalue weighted by Crippen LogP contribution is -2.34. The molecule has 1 unspecified atom stereocenters. The first-order valence-corrected chi connectivity index (χ1v) is 12.4. The van der Waals surface area contributed by atoms with E-state index in [-0.39, 0.29) is 24.0 Å². The number of amides is 2. The van der Waals surface area contributed by atoms with Crippen molar-refractivity contribution in [3.63, 3.8) is 0 Å². The summed E-state index contributed by atoms with van der Waals surface area (Å²) in [7, 11) is 1.80. The summed E-state index contributed by atoms with van der Waals surface area (Å²) >= 11 is 4.68. The highest BCUT2D eigenvalue weighted by atomic mass is 79.9. The van der Waals surface area contributed by atoms with Gasteiger partial charge in [-0.2, -0.15) is 10.2 Å². The average molecular weight is 546 g/mol. The molecule has 2 amide bonds. The van der Waals surface area contributed by atoms with Crippen molar-refractivity contribution in [3.05, 3.63) is 53.5 Å². The number of aryl methyl sites for hydroxylation is 2. The van der Waals surface area contributed by atoms with Gasteiger partial charge in [-0.1, -0.05) is 11.8 Å². The van der Waals surface area contributed by atoms with Crippen molar-refractivity contribution in [2.24, 2.45) is 12.0 Å². The first kappa shape index (κ1) is 24.0. The van der Waals surface area contributed by atoms with Crippen molar-refractivity contribution in [1.29, 1.82) is 0 Å². The van der Waals surface area contributed by atoms with Gasteiger partial charge in [0, 0.05) is 38.4 Å². The summed E-state index contributed by atoms with van der Waals surface area (Å²) in [5.41, 5.74) is 1.21. The number of carbonyl (C=O) groups excluding carboxylic acids is 2. The van der Waals surface area contributed by atoms with Crippen molar-refractivity contribution < 1.29 is 14.7 Å². The predicted octanol–water partition coefficient (Wildman–Crippen LogP) is 3.53. The summed E-state index contributed by atoms with van der Waals surface area (Å²) in [5.74, 6) is -0.287. The van der Waals surface area contributed by atoms with Crippen LogP contribution in [0, 0.1) is 0 Å². The highest BCUT2D eigenvalue weighted by Crippen LogP contribution is 2.32. The Bertz CT molecular complexity index is 1190. The lowest BCUT2D eigenvalue weighted by Gasteiger charge is -2.16. The van der Waals surface area contributed by atoms with Gasteiger partial charge in [-0.05, 0) is 53.0 Å². The number of anilines is 1. The smallest absolute Gasteiger partial charge is 0.242 e. The Morgan fingerprint density at radius 3 is 2.62 bits per heavy atom. The summed E-state index contributed by atoms with van der Waals surface area (Å²) in [6.07, 6.45) is 8.69. The molecule has 2 aromatic heterocycles. The average Bonchev–Trinajstić information content (AvgIpc) is 3.48. The lowest BCUT2D eigenvalue weighted by molar-refractivity contribution is -0.128. The molecule has 0 saturated carbocycles. The summed E-state index contributed by atoms with van der Waals surface area (Å²) in [4.78, 5) is 32.0. The van der Waals surface area contributed by atoms with Crippen molar-refractivity contribution in [2.75, 3.05) is 11.9 Å². The quantitative estimate of drug-likeness (QED) is 0.313. The van der Waals surface area contributed by atoms with Crippen LogP contribution in [0.3, 0.4) is 0 Å². The number of halogens is 1. The van der Waals surface area contributed by atoms with Crippen LogP contribution in [0.1, 0.15) is 19.3 Å². The van der Waals surface area contributed by atoms with Crippen LogP contribution in [0.5, 0.6) is 5.75 Å². The summed E-state index contributed by atoms with van der Waals surface area (Å²) in [6, 6.07) is 6.20. The van der Waals surface area contributed by atoms with Crippen LogP contribution in [0.15, 0.2) is 58.5 Å². The number of aliphatic imine (C=N–C) groups is 1. The molecule has 1 aliphatic rings. The fourth-order valence-electron chi connectivity index (χ4n) is 3.44. The van der Waals surface area contributed by atoms with Gasteiger partial charge in [0.25, 0.3) is 0 Å². The summed E-state index contributed by atoms with van der Waals surface area (Å²) < 4.78 is 4.43. The molecule has 4 rings (SSSR count). The molecule has 1 saturated heterocycles. The number of hydrogen-bond acceptors (Lipinski definition) is 7. The van der Waals surface area contributed by atoms with Gasteiger partial charge < -0.3 is 10.4 Å². The molecule has 0 bridgehead atoms. The monoisotopic (exact) mass is 545 g/mol. The molecular weight excluding hydrogens is 522 g/mol. The van der Waals surface area contributed by atoms with Crippen molar-refractivity contribution in [2.45, 2.75) is 31.1 Å². The van der Waals surface area contributed by atoms with Crippen molar-refractivity contribution in [3.8, 4) is 5.75 Å². The standard InChI is InChI=1S/C22H24BrN7O3S/c1-28-14-17(12-24-28)27-22-30(9-3-2-8-29-13-15(23)11-25-29)21(33)19(34-22)10-20(32)26-16-4-6-18(31)7-5-16/h4-7,11-14,19,31H,2-3,8-10H2,1H3,(H,26,32). The number of nitrogens with zero attached hydrogens (tertiary/aromatic N) is 6. The van der Waals surface area contributed by atoms with Gasteiger partial charge in [-0.15, -0.1) is 0 Å². The number of phenolic OH excluding ortho intramolecular Hbond substituents is 1. The van der Waals surface area contributed by atoms with E-state index in [1.54, 1.807) is 47.4 Å². The Kier molecular flexibility index (Phi) is 7.68. The first-order valence-electron chi connectivity index (χ1n) is 10.7. The normalized spacial score (nSPS) is 17.0. The molecule has 178 valence electrons. The maximum absolute atomic E-state index is 13.2. The number of aromatic hydroxyl groups is 1. The number of unbranched alkanes of at least 4 members (excludes halogenated alkanes) is 1. The predicted molar refractivity (Wildman–Crippen MR) is 134 cm³/mol. The van der Waals surface area contributed by atoms with E-state index in [2.05, 4.69) is 36.4 Å². The molecule has 3 aromatic rings.